The molecule has 0 radical (unpaired) electrons. The van der Waals surface area contributed by atoms with E-state index in [1.54, 1.807) is 0 Å². The molecule has 4 rings (SSSR count). The first-order valence-electron chi connectivity index (χ1n) is 7.89. The summed E-state index contributed by atoms with van der Waals surface area (Å²) in [5.74, 6) is 1.88. The van der Waals surface area contributed by atoms with Crippen molar-refractivity contribution < 1.29 is 4.52 Å². The minimum absolute atomic E-state index is 0.580. The van der Waals surface area contributed by atoms with Gasteiger partial charge in [-0.1, -0.05) is 18.2 Å². The molecule has 0 bridgehead atoms. The maximum absolute atomic E-state index is 5.40. The van der Waals surface area contributed by atoms with E-state index >= 15 is 0 Å². The fourth-order valence-electron chi connectivity index (χ4n) is 3.13. The van der Waals surface area contributed by atoms with Crippen LogP contribution in [-0.2, 0) is 13.5 Å². The molecule has 1 saturated heterocycles. The zero-order valence-electron chi connectivity index (χ0n) is 13.1. The van der Waals surface area contributed by atoms with E-state index < -0.39 is 0 Å². The van der Waals surface area contributed by atoms with Gasteiger partial charge >= 0.3 is 0 Å². The van der Waals surface area contributed by atoms with Gasteiger partial charge in [0.05, 0.1) is 6.20 Å². The third kappa shape index (κ3) is 2.97. The SMILES string of the molecule is Cn1cc(CC2CCN(c3noc(-c4ccccc4)n3)C2)cn1. The van der Waals surface area contributed by atoms with E-state index in [9.17, 15) is 0 Å². The molecule has 0 N–H and O–H groups in total. The van der Waals surface area contributed by atoms with Gasteiger partial charge in [-0.25, -0.2) is 0 Å². The van der Waals surface area contributed by atoms with Crippen LogP contribution in [0, 0.1) is 5.92 Å². The standard InChI is InChI=1S/C17H19N5O/c1-21-11-14(10-18-21)9-13-7-8-22(12-13)17-19-16(23-20-17)15-5-3-2-4-6-15/h2-6,10-11,13H,7-9,12H2,1H3. The third-order valence-corrected chi connectivity index (χ3v) is 4.29. The van der Waals surface area contributed by atoms with Gasteiger partial charge in [-0.05, 0) is 41.6 Å². The molecular weight excluding hydrogens is 290 g/mol. The molecule has 0 amide bonds. The zero-order chi connectivity index (χ0) is 15.6. The second-order valence-corrected chi connectivity index (χ2v) is 6.09. The van der Waals surface area contributed by atoms with Gasteiger partial charge in [0, 0.05) is 31.9 Å². The van der Waals surface area contributed by atoms with Crippen molar-refractivity contribution >= 4 is 5.95 Å². The van der Waals surface area contributed by atoms with Crippen molar-refractivity contribution in [1.82, 2.24) is 19.9 Å². The zero-order valence-corrected chi connectivity index (χ0v) is 13.1. The van der Waals surface area contributed by atoms with Crippen LogP contribution in [0.5, 0.6) is 0 Å². The molecule has 1 fully saturated rings. The molecule has 118 valence electrons. The van der Waals surface area contributed by atoms with Gasteiger partial charge in [0.15, 0.2) is 0 Å². The van der Waals surface area contributed by atoms with Crippen molar-refractivity contribution in [3.63, 3.8) is 0 Å². The Morgan fingerprint density at radius 1 is 1.26 bits per heavy atom. The van der Waals surface area contributed by atoms with E-state index in [-0.39, 0.29) is 0 Å². The predicted molar refractivity (Wildman–Crippen MR) is 87.0 cm³/mol. The number of benzene rings is 1. The molecule has 1 aromatic carbocycles. The Hall–Kier alpha value is -2.63. The van der Waals surface area contributed by atoms with Crippen LogP contribution >= 0.6 is 0 Å². The minimum atomic E-state index is 0.580. The van der Waals surface area contributed by atoms with Crippen LogP contribution in [0.15, 0.2) is 47.2 Å². The van der Waals surface area contributed by atoms with E-state index in [0.29, 0.717) is 17.8 Å². The van der Waals surface area contributed by atoms with Crippen LogP contribution in [0.2, 0.25) is 0 Å². The molecule has 0 aliphatic carbocycles. The molecule has 1 unspecified atom stereocenters. The molecule has 6 nitrogen and oxygen atoms in total. The summed E-state index contributed by atoms with van der Waals surface area (Å²) in [6.45, 7) is 1.93. The first-order valence-corrected chi connectivity index (χ1v) is 7.89. The Morgan fingerprint density at radius 3 is 2.91 bits per heavy atom. The molecular formula is C17H19N5O. The van der Waals surface area contributed by atoms with E-state index in [1.807, 2.05) is 48.3 Å². The number of rotatable bonds is 4. The number of aromatic nitrogens is 4. The molecule has 1 atom stereocenters. The second-order valence-electron chi connectivity index (χ2n) is 6.09. The Kier molecular flexibility index (Phi) is 3.57. The van der Waals surface area contributed by atoms with Crippen molar-refractivity contribution in [2.45, 2.75) is 12.8 Å². The molecule has 3 heterocycles. The highest BCUT2D eigenvalue weighted by Crippen LogP contribution is 2.26. The van der Waals surface area contributed by atoms with Gasteiger partial charge in [0.2, 0.25) is 0 Å². The molecule has 0 spiro atoms. The van der Waals surface area contributed by atoms with E-state index in [2.05, 4.69) is 26.3 Å². The first-order chi connectivity index (χ1) is 11.3. The normalized spacial score (nSPS) is 17.8. The second kappa shape index (κ2) is 5.87. The van der Waals surface area contributed by atoms with Crippen molar-refractivity contribution in [1.29, 1.82) is 0 Å². The first kappa shape index (κ1) is 14.0. The molecule has 1 aliphatic heterocycles. The monoisotopic (exact) mass is 309 g/mol. The van der Waals surface area contributed by atoms with E-state index in [1.165, 1.54) is 5.56 Å². The van der Waals surface area contributed by atoms with Crippen molar-refractivity contribution in [2.24, 2.45) is 13.0 Å². The van der Waals surface area contributed by atoms with Crippen LogP contribution in [0.1, 0.15) is 12.0 Å². The maximum Gasteiger partial charge on any atom is 0.266 e. The van der Waals surface area contributed by atoms with Crippen LogP contribution < -0.4 is 4.90 Å². The van der Waals surface area contributed by atoms with Gasteiger partial charge in [0.25, 0.3) is 11.8 Å². The van der Waals surface area contributed by atoms with Gasteiger partial charge in [0.1, 0.15) is 0 Å². The number of hydrogen-bond donors (Lipinski definition) is 0. The lowest BCUT2D eigenvalue weighted by Gasteiger charge is -2.12. The molecule has 1 aliphatic rings. The predicted octanol–water partition coefficient (Wildman–Crippen LogP) is 2.54. The van der Waals surface area contributed by atoms with Gasteiger partial charge in [-0.3, -0.25) is 4.68 Å². The van der Waals surface area contributed by atoms with Crippen molar-refractivity contribution in [3.05, 3.63) is 48.3 Å². The molecule has 3 aromatic rings. The third-order valence-electron chi connectivity index (χ3n) is 4.29. The molecule has 6 heteroatoms. The van der Waals surface area contributed by atoms with Crippen LogP contribution in [0.25, 0.3) is 11.5 Å². The molecule has 0 saturated carbocycles. The summed E-state index contributed by atoms with van der Waals surface area (Å²) >= 11 is 0. The van der Waals surface area contributed by atoms with Gasteiger partial charge in [-0.15, -0.1) is 0 Å². The molecule has 23 heavy (non-hydrogen) atoms. The number of anilines is 1. The lowest BCUT2D eigenvalue weighted by atomic mass is 10.0. The van der Waals surface area contributed by atoms with Crippen molar-refractivity contribution in [3.8, 4) is 11.5 Å². The average molecular weight is 309 g/mol. The summed E-state index contributed by atoms with van der Waals surface area (Å²) in [5.41, 5.74) is 2.25. The Bertz CT molecular complexity index is 779. The number of aryl methyl sites for hydroxylation is 1. The summed E-state index contributed by atoms with van der Waals surface area (Å²) in [5, 5.41) is 8.38. The summed E-state index contributed by atoms with van der Waals surface area (Å²) in [6.07, 6.45) is 6.23. The summed E-state index contributed by atoms with van der Waals surface area (Å²) in [4.78, 5) is 6.75. The Balaban J connectivity index is 1.43. The van der Waals surface area contributed by atoms with E-state index in [0.717, 1.165) is 31.5 Å². The fraction of sp³-hybridized carbons (Fsp3) is 0.353. The Labute approximate surface area is 134 Å². The van der Waals surface area contributed by atoms with Crippen LogP contribution in [0.4, 0.5) is 5.95 Å². The van der Waals surface area contributed by atoms with Crippen LogP contribution in [-0.4, -0.2) is 33.0 Å². The number of nitrogens with zero attached hydrogens (tertiary/aromatic N) is 5. The van der Waals surface area contributed by atoms with E-state index in [4.69, 9.17) is 4.52 Å². The quantitative estimate of drug-likeness (QED) is 0.741. The highest BCUT2D eigenvalue weighted by atomic mass is 16.5. The van der Waals surface area contributed by atoms with Gasteiger partial charge in [-0.2, -0.15) is 10.1 Å². The number of hydrogen-bond acceptors (Lipinski definition) is 5. The highest BCUT2D eigenvalue weighted by molar-refractivity contribution is 5.54. The van der Waals surface area contributed by atoms with Gasteiger partial charge < -0.3 is 9.42 Å². The molecule has 2 aromatic heterocycles. The lowest BCUT2D eigenvalue weighted by molar-refractivity contribution is 0.430. The smallest absolute Gasteiger partial charge is 0.266 e. The largest absolute Gasteiger partial charge is 0.338 e. The maximum atomic E-state index is 5.40. The van der Waals surface area contributed by atoms with Crippen molar-refractivity contribution in [2.75, 3.05) is 18.0 Å². The summed E-state index contributed by atoms with van der Waals surface area (Å²) in [6, 6.07) is 9.88. The fourth-order valence-corrected chi connectivity index (χ4v) is 3.13. The minimum Gasteiger partial charge on any atom is -0.338 e. The lowest BCUT2D eigenvalue weighted by Crippen LogP contribution is -2.21. The Morgan fingerprint density at radius 2 is 2.13 bits per heavy atom. The summed E-state index contributed by atoms with van der Waals surface area (Å²) in [7, 11) is 1.95. The average Bonchev–Trinajstić information content (AvgIpc) is 3.29. The van der Waals surface area contributed by atoms with Crippen LogP contribution in [0.3, 0.4) is 0 Å². The highest BCUT2D eigenvalue weighted by Gasteiger charge is 2.26. The topological polar surface area (TPSA) is 60.0 Å². The summed E-state index contributed by atoms with van der Waals surface area (Å²) < 4.78 is 7.26.